The second kappa shape index (κ2) is 4.42. The minimum absolute atomic E-state index is 0.0183. The molecule has 8 heteroatoms. The molecule has 6 nitrogen and oxygen atoms in total. The lowest BCUT2D eigenvalue weighted by Gasteiger charge is -2.13. The quantitative estimate of drug-likeness (QED) is 0.665. The zero-order chi connectivity index (χ0) is 14.4. The van der Waals surface area contributed by atoms with Crippen molar-refractivity contribution in [2.45, 2.75) is 30.3 Å². The third-order valence-corrected chi connectivity index (χ3v) is 4.66. The first kappa shape index (κ1) is 14.2. The molecular formula is C11H13ClN2O4S. The second-order valence-corrected chi connectivity index (χ2v) is 6.98. The zero-order valence-corrected chi connectivity index (χ0v) is 12.0. The Balaban J connectivity index is 2.51. The number of carboxylic acids is 1. The van der Waals surface area contributed by atoms with E-state index in [1.165, 1.54) is 6.20 Å². The van der Waals surface area contributed by atoms with Crippen molar-refractivity contribution < 1.29 is 18.3 Å². The van der Waals surface area contributed by atoms with Crippen LogP contribution in [0, 0.1) is 5.92 Å². The highest BCUT2D eigenvalue weighted by molar-refractivity contribution is 7.90. The average Bonchev–Trinajstić information content (AvgIpc) is 3.03. The van der Waals surface area contributed by atoms with Crippen molar-refractivity contribution in [3.63, 3.8) is 0 Å². The minimum atomic E-state index is -3.56. The number of aromatic nitrogens is 2. The fourth-order valence-corrected chi connectivity index (χ4v) is 3.20. The Morgan fingerprint density at radius 3 is 2.63 bits per heavy atom. The number of carbonyl (C=O) groups is 1. The highest BCUT2D eigenvalue weighted by Crippen LogP contribution is 2.57. The molecule has 0 spiro atoms. The molecule has 104 valence electrons. The molecule has 1 aliphatic rings. The van der Waals surface area contributed by atoms with Crippen LogP contribution in [0.25, 0.3) is 0 Å². The molecule has 0 bridgehead atoms. The minimum Gasteiger partial charge on any atom is -0.481 e. The maximum absolute atomic E-state index is 11.5. The van der Waals surface area contributed by atoms with E-state index in [2.05, 4.69) is 9.97 Å². The molecule has 19 heavy (non-hydrogen) atoms. The SMILES string of the molecule is CCC1CC1(C(=O)O)c1cnc(S(C)(=O)=O)nc1Cl. The Morgan fingerprint density at radius 2 is 2.26 bits per heavy atom. The van der Waals surface area contributed by atoms with Crippen LogP contribution in [0.3, 0.4) is 0 Å². The number of rotatable bonds is 4. The monoisotopic (exact) mass is 304 g/mol. The Kier molecular flexibility index (Phi) is 3.30. The predicted molar refractivity (Wildman–Crippen MR) is 67.9 cm³/mol. The summed E-state index contributed by atoms with van der Waals surface area (Å²) in [5.74, 6) is -0.993. The van der Waals surface area contributed by atoms with Gasteiger partial charge in [0.15, 0.2) is 0 Å². The van der Waals surface area contributed by atoms with Crippen molar-refractivity contribution in [2.75, 3.05) is 6.26 Å². The molecule has 0 amide bonds. The van der Waals surface area contributed by atoms with Crippen LogP contribution in [0.4, 0.5) is 0 Å². The number of carboxylic acid groups (broad SMARTS) is 1. The van der Waals surface area contributed by atoms with E-state index in [0.717, 1.165) is 6.26 Å². The number of aliphatic carboxylic acids is 1. The molecule has 1 heterocycles. The van der Waals surface area contributed by atoms with Crippen molar-refractivity contribution in [1.29, 1.82) is 0 Å². The maximum Gasteiger partial charge on any atom is 0.314 e. The average molecular weight is 305 g/mol. The van der Waals surface area contributed by atoms with Gasteiger partial charge in [-0.2, -0.15) is 0 Å². The Bertz CT molecular complexity index is 646. The van der Waals surface area contributed by atoms with E-state index in [4.69, 9.17) is 11.6 Å². The van der Waals surface area contributed by atoms with Gasteiger partial charge in [-0.3, -0.25) is 4.79 Å². The number of hydrogen-bond acceptors (Lipinski definition) is 5. The third-order valence-electron chi connectivity index (χ3n) is 3.51. The van der Waals surface area contributed by atoms with Crippen LogP contribution in [0.5, 0.6) is 0 Å². The number of nitrogens with zero attached hydrogens (tertiary/aromatic N) is 2. The number of sulfone groups is 1. The van der Waals surface area contributed by atoms with Crippen molar-refractivity contribution in [2.24, 2.45) is 5.92 Å². The first-order valence-electron chi connectivity index (χ1n) is 5.70. The van der Waals surface area contributed by atoms with Gasteiger partial charge in [0.25, 0.3) is 0 Å². The second-order valence-electron chi connectivity index (χ2n) is 4.72. The molecule has 1 aromatic heterocycles. The van der Waals surface area contributed by atoms with Gasteiger partial charge in [0.1, 0.15) is 10.6 Å². The lowest BCUT2D eigenvalue weighted by molar-refractivity contribution is -0.140. The molecule has 2 unspecified atom stereocenters. The van der Waals surface area contributed by atoms with E-state index in [-0.39, 0.29) is 11.1 Å². The summed E-state index contributed by atoms with van der Waals surface area (Å²) in [7, 11) is -3.56. The summed E-state index contributed by atoms with van der Waals surface area (Å²) >= 11 is 5.95. The van der Waals surface area contributed by atoms with Gasteiger partial charge in [0.2, 0.25) is 15.0 Å². The fraction of sp³-hybridized carbons (Fsp3) is 0.545. The van der Waals surface area contributed by atoms with Gasteiger partial charge in [0, 0.05) is 18.0 Å². The van der Waals surface area contributed by atoms with E-state index in [0.29, 0.717) is 18.4 Å². The van der Waals surface area contributed by atoms with E-state index in [1.54, 1.807) is 0 Å². The fourth-order valence-electron chi connectivity index (χ4n) is 2.35. The summed E-state index contributed by atoms with van der Waals surface area (Å²) in [5, 5.41) is 8.88. The van der Waals surface area contributed by atoms with Gasteiger partial charge in [0.05, 0.1) is 0 Å². The molecule has 1 aromatic rings. The van der Waals surface area contributed by atoms with Gasteiger partial charge < -0.3 is 5.11 Å². The number of hydrogen-bond donors (Lipinski definition) is 1. The van der Waals surface area contributed by atoms with Gasteiger partial charge in [-0.25, -0.2) is 18.4 Å². The highest BCUT2D eigenvalue weighted by atomic mass is 35.5. The molecule has 1 fully saturated rings. The lowest BCUT2D eigenvalue weighted by atomic mass is 9.95. The standard InChI is InChI=1S/C11H13ClN2O4S/c1-3-6-4-11(6,9(15)16)7-5-13-10(14-8(7)12)19(2,17)18/h5-6H,3-4H2,1-2H3,(H,15,16). The highest BCUT2D eigenvalue weighted by Gasteiger charge is 2.61. The van der Waals surface area contributed by atoms with Gasteiger partial charge in [-0.15, -0.1) is 0 Å². The molecule has 0 saturated heterocycles. The maximum atomic E-state index is 11.5. The molecule has 2 atom stereocenters. The predicted octanol–water partition coefficient (Wildman–Crippen LogP) is 1.29. The van der Waals surface area contributed by atoms with Crippen LogP contribution in [-0.2, 0) is 20.0 Å². The van der Waals surface area contributed by atoms with Crippen LogP contribution >= 0.6 is 11.6 Å². The molecule has 1 aliphatic carbocycles. The van der Waals surface area contributed by atoms with Crippen LogP contribution in [0.1, 0.15) is 25.3 Å². The number of halogens is 1. The Morgan fingerprint density at radius 1 is 1.63 bits per heavy atom. The zero-order valence-electron chi connectivity index (χ0n) is 10.4. The summed E-state index contributed by atoms with van der Waals surface area (Å²) in [6.45, 7) is 1.90. The van der Waals surface area contributed by atoms with Gasteiger partial charge in [-0.1, -0.05) is 24.9 Å². The molecule has 2 rings (SSSR count). The lowest BCUT2D eigenvalue weighted by Crippen LogP contribution is -2.24. The Labute approximate surface area is 115 Å². The first-order valence-corrected chi connectivity index (χ1v) is 7.97. The van der Waals surface area contributed by atoms with Crippen LogP contribution < -0.4 is 0 Å². The van der Waals surface area contributed by atoms with Crippen LogP contribution in [0.15, 0.2) is 11.4 Å². The van der Waals surface area contributed by atoms with Gasteiger partial charge in [-0.05, 0) is 12.3 Å². The van der Waals surface area contributed by atoms with Crippen molar-refractivity contribution >= 4 is 27.4 Å². The molecule has 1 N–H and O–H groups in total. The van der Waals surface area contributed by atoms with Crippen molar-refractivity contribution in [3.05, 3.63) is 16.9 Å². The van der Waals surface area contributed by atoms with Crippen LogP contribution in [-0.4, -0.2) is 35.7 Å². The summed E-state index contributed by atoms with van der Waals surface area (Å²) < 4.78 is 22.6. The smallest absolute Gasteiger partial charge is 0.314 e. The molecule has 1 saturated carbocycles. The molecule has 0 radical (unpaired) electrons. The van der Waals surface area contributed by atoms with Crippen LogP contribution in [0.2, 0.25) is 5.15 Å². The molecule has 0 aromatic carbocycles. The normalized spacial score (nSPS) is 26.2. The summed E-state index contributed by atoms with van der Waals surface area (Å²) in [4.78, 5) is 18.9. The van der Waals surface area contributed by atoms with E-state index >= 15 is 0 Å². The molecular weight excluding hydrogens is 292 g/mol. The third kappa shape index (κ3) is 2.21. The van der Waals surface area contributed by atoms with Crippen molar-refractivity contribution in [1.82, 2.24) is 9.97 Å². The van der Waals surface area contributed by atoms with Gasteiger partial charge >= 0.3 is 5.97 Å². The Hall–Kier alpha value is -1.21. The summed E-state index contributed by atoms with van der Waals surface area (Å²) in [6, 6.07) is 0. The summed E-state index contributed by atoms with van der Waals surface area (Å²) in [5.41, 5.74) is -0.775. The van der Waals surface area contributed by atoms with E-state index < -0.39 is 26.4 Å². The molecule has 0 aliphatic heterocycles. The first-order chi connectivity index (χ1) is 8.73. The largest absolute Gasteiger partial charge is 0.481 e. The summed E-state index contributed by atoms with van der Waals surface area (Å²) in [6.07, 6.45) is 3.36. The van der Waals surface area contributed by atoms with E-state index in [1.807, 2.05) is 6.92 Å². The topological polar surface area (TPSA) is 97.2 Å². The van der Waals surface area contributed by atoms with Crippen molar-refractivity contribution in [3.8, 4) is 0 Å². The van der Waals surface area contributed by atoms with E-state index in [9.17, 15) is 18.3 Å².